The lowest BCUT2D eigenvalue weighted by Gasteiger charge is -2.29. The highest BCUT2D eigenvalue weighted by Crippen LogP contribution is 2.20. The van der Waals surface area contributed by atoms with Gasteiger partial charge in [-0.15, -0.1) is 0 Å². The zero-order valence-electron chi connectivity index (χ0n) is 21.1. The Morgan fingerprint density at radius 3 is 2.28 bits per heavy atom. The Bertz CT molecular complexity index is 1570. The molecule has 0 aliphatic carbocycles. The van der Waals surface area contributed by atoms with Crippen LogP contribution in [0.15, 0.2) is 70.3 Å². The number of benzene rings is 3. The normalized spacial score (nSPS) is 13.1. The van der Waals surface area contributed by atoms with Crippen LogP contribution in [0.2, 0.25) is 0 Å². The SMILES string of the molecule is Cc1cc(C)c(Cn2c(=O)n(CCC(=O)N3CCc4ccccc4C3)c(=O)c3ccccc32)c(C)c1. The molecule has 0 atom stereocenters. The number of fused-ring (bicyclic) bond motifs is 2. The number of aryl methyl sites for hydroxylation is 3. The molecule has 0 N–H and O–H groups in total. The molecule has 6 heteroatoms. The molecule has 184 valence electrons. The van der Waals surface area contributed by atoms with Gasteiger partial charge in [0.2, 0.25) is 5.91 Å². The summed E-state index contributed by atoms with van der Waals surface area (Å²) < 4.78 is 2.90. The van der Waals surface area contributed by atoms with Crippen molar-refractivity contribution in [2.75, 3.05) is 6.54 Å². The van der Waals surface area contributed by atoms with E-state index in [4.69, 9.17) is 0 Å². The van der Waals surface area contributed by atoms with Gasteiger partial charge >= 0.3 is 5.69 Å². The Morgan fingerprint density at radius 1 is 0.861 bits per heavy atom. The maximum atomic E-state index is 13.7. The van der Waals surface area contributed by atoms with Crippen molar-refractivity contribution in [1.29, 1.82) is 0 Å². The van der Waals surface area contributed by atoms with Gasteiger partial charge in [-0.2, -0.15) is 0 Å². The van der Waals surface area contributed by atoms with E-state index in [1.165, 1.54) is 15.7 Å². The zero-order chi connectivity index (χ0) is 25.4. The lowest BCUT2D eigenvalue weighted by molar-refractivity contribution is -0.132. The van der Waals surface area contributed by atoms with Gasteiger partial charge in [-0.1, -0.05) is 54.1 Å². The number of nitrogens with zero attached hydrogens (tertiary/aromatic N) is 3. The van der Waals surface area contributed by atoms with E-state index in [0.717, 1.165) is 28.7 Å². The summed E-state index contributed by atoms with van der Waals surface area (Å²) >= 11 is 0. The maximum absolute atomic E-state index is 13.7. The Labute approximate surface area is 210 Å². The van der Waals surface area contributed by atoms with Crippen molar-refractivity contribution in [2.45, 2.75) is 53.2 Å². The van der Waals surface area contributed by atoms with Gasteiger partial charge in [0.25, 0.3) is 5.56 Å². The summed E-state index contributed by atoms with van der Waals surface area (Å²) in [7, 11) is 0. The van der Waals surface area contributed by atoms with Gasteiger partial charge < -0.3 is 4.90 Å². The Kier molecular flexibility index (Phi) is 6.35. The molecule has 5 rings (SSSR count). The van der Waals surface area contributed by atoms with Gasteiger partial charge in [-0.25, -0.2) is 4.79 Å². The van der Waals surface area contributed by atoms with E-state index in [1.807, 2.05) is 49.1 Å². The van der Waals surface area contributed by atoms with Crippen molar-refractivity contribution in [3.8, 4) is 0 Å². The summed E-state index contributed by atoms with van der Waals surface area (Å²) in [6, 6.07) is 19.6. The summed E-state index contributed by atoms with van der Waals surface area (Å²) in [5, 5.41) is 0.485. The molecule has 0 saturated heterocycles. The molecule has 6 nitrogen and oxygen atoms in total. The molecular formula is C30H31N3O3. The van der Waals surface area contributed by atoms with Gasteiger partial charge in [0.15, 0.2) is 0 Å². The van der Waals surface area contributed by atoms with Crippen LogP contribution in [0.5, 0.6) is 0 Å². The lowest BCUT2D eigenvalue weighted by Crippen LogP contribution is -2.42. The quantitative estimate of drug-likeness (QED) is 0.431. The number of amides is 1. The first kappa shape index (κ1) is 23.8. The van der Waals surface area contributed by atoms with Crippen LogP contribution in [-0.2, 0) is 30.8 Å². The fourth-order valence-corrected chi connectivity index (χ4v) is 5.41. The molecule has 0 bridgehead atoms. The van der Waals surface area contributed by atoms with E-state index in [9.17, 15) is 14.4 Å². The number of carbonyl (C=O) groups excluding carboxylic acids is 1. The van der Waals surface area contributed by atoms with Crippen LogP contribution in [0.4, 0.5) is 0 Å². The van der Waals surface area contributed by atoms with Gasteiger partial charge in [0, 0.05) is 26.1 Å². The molecule has 4 aromatic rings. The predicted octanol–water partition coefficient (Wildman–Crippen LogP) is 4.11. The first-order chi connectivity index (χ1) is 17.3. The molecule has 0 saturated carbocycles. The highest BCUT2D eigenvalue weighted by atomic mass is 16.2. The molecule has 0 radical (unpaired) electrons. The van der Waals surface area contributed by atoms with Crippen molar-refractivity contribution in [1.82, 2.24) is 14.0 Å². The highest BCUT2D eigenvalue weighted by molar-refractivity contribution is 5.78. The van der Waals surface area contributed by atoms with E-state index in [-0.39, 0.29) is 30.1 Å². The number of rotatable bonds is 5. The molecule has 1 aliphatic rings. The van der Waals surface area contributed by atoms with Crippen molar-refractivity contribution >= 4 is 16.8 Å². The number of hydrogen-bond donors (Lipinski definition) is 0. The second kappa shape index (κ2) is 9.61. The largest absolute Gasteiger partial charge is 0.338 e. The Hall–Kier alpha value is -3.93. The van der Waals surface area contributed by atoms with Crippen molar-refractivity contribution in [3.05, 3.63) is 115 Å². The molecule has 36 heavy (non-hydrogen) atoms. The van der Waals surface area contributed by atoms with E-state index in [0.29, 0.717) is 30.5 Å². The molecule has 0 unspecified atom stereocenters. The average molecular weight is 482 g/mol. The summed E-state index contributed by atoms with van der Waals surface area (Å²) in [5.74, 6) is -0.0410. The molecule has 0 spiro atoms. The van der Waals surface area contributed by atoms with Crippen LogP contribution in [0.1, 0.15) is 39.8 Å². The molecular weight excluding hydrogens is 450 g/mol. The van der Waals surface area contributed by atoms with Crippen LogP contribution >= 0.6 is 0 Å². The number of aromatic nitrogens is 2. The number of hydrogen-bond acceptors (Lipinski definition) is 3. The Morgan fingerprint density at radius 2 is 1.53 bits per heavy atom. The molecule has 1 amide bonds. The third-order valence-electron chi connectivity index (χ3n) is 7.32. The summed E-state index contributed by atoms with van der Waals surface area (Å²) in [6.07, 6.45) is 0.929. The van der Waals surface area contributed by atoms with Crippen LogP contribution in [0.3, 0.4) is 0 Å². The molecule has 3 aromatic carbocycles. The zero-order valence-corrected chi connectivity index (χ0v) is 21.1. The van der Waals surface area contributed by atoms with Gasteiger partial charge in [0.1, 0.15) is 0 Å². The average Bonchev–Trinajstić information content (AvgIpc) is 2.87. The van der Waals surface area contributed by atoms with Gasteiger partial charge in [0.05, 0.1) is 17.4 Å². The fourth-order valence-electron chi connectivity index (χ4n) is 5.41. The third kappa shape index (κ3) is 4.39. The molecule has 2 heterocycles. The minimum Gasteiger partial charge on any atom is -0.338 e. The van der Waals surface area contributed by atoms with E-state index >= 15 is 0 Å². The second-order valence-corrected chi connectivity index (χ2v) is 9.80. The van der Waals surface area contributed by atoms with Gasteiger partial charge in [-0.05, 0) is 67.1 Å². The van der Waals surface area contributed by atoms with E-state index < -0.39 is 0 Å². The summed E-state index contributed by atoms with van der Waals surface area (Å²) in [5.41, 5.74) is 6.79. The van der Waals surface area contributed by atoms with Crippen molar-refractivity contribution in [2.24, 2.45) is 0 Å². The standard InChI is InChI=1S/C30H31N3O3/c1-20-16-21(2)26(22(3)17-20)19-33-27-11-7-6-10-25(27)29(35)32(30(33)36)15-13-28(34)31-14-12-23-8-4-5-9-24(23)18-31/h4-11,16-17H,12-15,18-19H2,1-3H3. The first-order valence-corrected chi connectivity index (χ1v) is 12.5. The monoisotopic (exact) mass is 481 g/mol. The predicted molar refractivity (Wildman–Crippen MR) is 142 cm³/mol. The first-order valence-electron chi connectivity index (χ1n) is 12.5. The minimum absolute atomic E-state index is 0.0410. The van der Waals surface area contributed by atoms with Crippen molar-refractivity contribution < 1.29 is 4.79 Å². The topological polar surface area (TPSA) is 64.3 Å². The number of para-hydroxylation sites is 1. The fraction of sp³-hybridized carbons (Fsp3) is 0.300. The van der Waals surface area contributed by atoms with Crippen molar-refractivity contribution in [3.63, 3.8) is 0 Å². The Balaban J connectivity index is 1.47. The molecule has 1 aliphatic heterocycles. The summed E-state index contributed by atoms with van der Waals surface area (Å²) in [4.78, 5) is 41.9. The van der Waals surface area contributed by atoms with E-state index in [2.05, 4.69) is 31.2 Å². The van der Waals surface area contributed by atoms with Crippen LogP contribution < -0.4 is 11.2 Å². The van der Waals surface area contributed by atoms with Crippen LogP contribution in [0.25, 0.3) is 10.9 Å². The third-order valence-corrected chi connectivity index (χ3v) is 7.32. The molecule has 0 fully saturated rings. The summed E-state index contributed by atoms with van der Waals surface area (Å²) in [6.45, 7) is 7.81. The van der Waals surface area contributed by atoms with E-state index in [1.54, 1.807) is 10.6 Å². The molecule has 1 aromatic heterocycles. The van der Waals surface area contributed by atoms with Gasteiger partial charge in [-0.3, -0.25) is 18.7 Å². The lowest BCUT2D eigenvalue weighted by atomic mass is 9.99. The van der Waals surface area contributed by atoms with Crippen LogP contribution in [0, 0.1) is 20.8 Å². The smallest absolute Gasteiger partial charge is 0.331 e. The maximum Gasteiger partial charge on any atom is 0.331 e. The highest BCUT2D eigenvalue weighted by Gasteiger charge is 2.21. The van der Waals surface area contributed by atoms with Crippen LogP contribution in [-0.4, -0.2) is 26.5 Å². The number of carbonyl (C=O) groups is 1. The second-order valence-electron chi connectivity index (χ2n) is 9.80. The minimum atomic E-state index is -0.380.